The van der Waals surface area contributed by atoms with Crippen LogP contribution in [0.25, 0.3) is 11.0 Å². The summed E-state index contributed by atoms with van der Waals surface area (Å²) in [5.41, 5.74) is 3.98. The molecule has 1 N–H and O–H groups in total. The second-order valence-corrected chi connectivity index (χ2v) is 5.62. The lowest BCUT2D eigenvalue weighted by atomic mass is 9.93. The summed E-state index contributed by atoms with van der Waals surface area (Å²) in [5.74, 6) is -0.244. The Labute approximate surface area is 128 Å². The number of carbonyl (C=O) groups is 1. The summed E-state index contributed by atoms with van der Waals surface area (Å²) in [6.07, 6.45) is 4.20. The molecule has 0 fully saturated rings. The van der Waals surface area contributed by atoms with Crippen LogP contribution in [-0.4, -0.2) is 22.0 Å². The van der Waals surface area contributed by atoms with Crippen molar-refractivity contribution >= 4 is 17.0 Å². The number of aromatic amines is 1. The van der Waals surface area contributed by atoms with E-state index in [0.29, 0.717) is 5.56 Å². The van der Waals surface area contributed by atoms with E-state index in [2.05, 4.69) is 16.0 Å². The summed E-state index contributed by atoms with van der Waals surface area (Å²) in [6, 6.07) is 13.2. The summed E-state index contributed by atoms with van der Waals surface area (Å²) in [7, 11) is 0. The maximum Gasteiger partial charge on any atom is 0.338 e. The average molecular weight is 292 g/mol. The van der Waals surface area contributed by atoms with Gasteiger partial charge in [0.15, 0.2) is 0 Å². The molecule has 1 unspecified atom stereocenters. The van der Waals surface area contributed by atoms with Gasteiger partial charge >= 0.3 is 5.97 Å². The molecule has 0 bridgehead atoms. The van der Waals surface area contributed by atoms with Crippen LogP contribution < -0.4 is 0 Å². The van der Waals surface area contributed by atoms with Gasteiger partial charge in [-0.3, -0.25) is 0 Å². The Morgan fingerprint density at radius 2 is 2.05 bits per heavy atom. The lowest BCUT2D eigenvalue weighted by Gasteiger charge is -2.22. The highest BCUT2D eigenvalue weighted by Crippen LogP contribution is 2.29. The third-order valence-electron chi connectivity index (χ3n) is 4.20. The Morgan fingerprint density at radius 1 is 1.18 bits per heavy atom. The number of nitrogens with zero attached hydrogens (tertiary/aromatic N) is 1. The SMILES string of the molecule is O=C(OC1CCc2[nH]c3ncccc3c2C1)c1ccccc1. The first kappa shape index (κ1) is 13.1. The van der Waals surface area contributed by atoms with Crippen LogP contribution in [0.1, 0.15) is 28.0 Å². The van der Waals surface area contributed by atoms with E-state index in [0.717, 1.165) is 30.3 Å². The fourth-order valence-corrected chi connectivity index (χ4v) is 3.11. The van der Waals surface area contributed by atoms with Crippen LogP contribution in [0.3, 0.4) is 0 Å². The van der Waals surface area contributed by atoms with Crippen molar-refractivity contribution in [2.24, 2.45) is 0 Å². The van der Waals surface area contributed by atoms with E-state index in [9.17, 15) is 4.79 Å². The van der Waals surface area contributed by atoms with Crippen LogP contribution in [0.5, 0.6) is 0 Å². The molecule has 1 atom stereocenters. The zero-order valence-electron chi connectivity index (χ0n) is 12.1. The maximum atomic E-state index is 12.2. The molecular formula is C18H16N2O2. The van der Waals surface area contributed by atoms with Crippen LogP contribution in [0.4, 0.5) is 0 Å². The Hall–Kier alpha value is -2.62. The van der Waals surface area contributed by atoms with Gasteiger partial charge < -0.3 is 9.72 Å². The van der Waals surface area contributed by atoms with Gasteiger partial charge in [0.2, 0.25) is 0 Å². The second kappa shape index (κ2) is 5.30. The Bertz CT molecular complexity index is 823. The first-order valence-corrected chi connectivity index (χ1v) is 7.52. The standard InChI is InChI=1S/C18H16N2O2/c21-18(12-5-2-1-3-6-12)22-13-8-9-16-15(11-13)14-7-4-10-19-17(14)20-16/h1-7,10,13H,8-9,11H2,(H,19,20). The predicted molar refractivity (Wildman–Crippen MR) is 83.8 cm³/mol. The number of nitrogens with one attached hydrogen (secondary N) is 1. The number of benzene rings is 1. The van der Waals surface area contributed by atoms with Crippen molar-refractivity contribution in [2.45, 2.75) is 25.4 Å². The highest BCUT2D eigenvalue weighted by molar-refractivity contribution is 5.89. The van der Waals surface area contributed by atoms with Crippen LogP contribution in [0.15, 0.2) is 48.7 Å². The molecule has 0 aliphatic heterocycles. The van der Waals surface area contributed by atoms with Crippen molar-refractivity contribution in [2.75, 3.05) is 0 Å². The number of fused-ring (bicyclic) bond motifs is 3. The summed E-state index contributed by atoms with van der Waals surface area (Å²) < 4.78 is 5.68. The van der Waals surface area contributed by atoms with Crippen LogP contribution in [0.2, 0.25) is 0 Å². The van der Waals surface area contributed by atoms with Crippen LogP contribution in [-0.2, 0) is 17.6 Å². The van der Waals surface area contributed by atoms with E-state index in [1.54, 1.807) is 18.3 Å². The number of hydrogen-bond donors (Lipinski definition) is 1. The van der Waals surface area contributed by atoms with Gasteiger partial charge in [0.05, 0.1) is 5.56 Å². The lowest BCUT2D eigenvalue weighted by molar-refractivity contribution is 0.0271. The van der Waals surface area contributed by atoms with Crippen molar-refractivity contribution < 1.29 is 9.53 Å². The first-order chi connectivity index (χ1) is 10.8. The highest BCUT2D eigenvalue weighted by atomic mass is 16.5. The molecule has 2 aromatic heterocycles. The number of aromatic nitrogens is 2. The Morgan fingerprint density at radius 3 is 2.91 bits per heavy atom. The van der Waals surface area contributed by atoms with Crippen molar-refractivity contribution in [3.63, 3.8) is 0 Å². The highest BCUT2D eigenvalue weighted by Gasteiger charge is 2.25. The predicted octanol–water partition coefficient (Wildman–Crippen LogP) is 3.28. The van der Waals surface area contributed by atoms with Crippen molar-refractivity contribution in [1.82, 2.24) is 9.97 Å². The average Bonchev–Trinajstić information content (AvgIpc) is 2.94. The zero-order valence-corrected chi connectivity index (χ0v) is 12.1. The molecule has 110 valence electrons. The molecule has 4 rings (SSSR count). The minimum Gasteiger partial charge on any atom is -0.458 e. The van der Waals surface area contributed by atoms with E-state index < -0.39 is 0 Å². The Balaban J connectivity index is 1.56. The van der Waals surface area contributed by atoms with Crippen LogP contribution in [0, 0.1) is 0 Å². The summed E-state index contributed by atoms with van der Waals surface area (Å²) >= 11 is 0. The van der Waals surface area contributed by atoms with Gasteiger partial charge in [0, 0.05) is 23.7 Å². The molecule has 22 heavy (non-hydrogen) atoms. The third kappa shape index (κ3) is 2.26. The van der Waals surface area contributed by atoms with E-state index >= 15 is 0 Å². The number of rotatable bonds is 2. The molecule has 1 aliphatic rings. The number of ether oxygens (including phenoxy) is 1. The van der Waals surface area contributed by atoms with Gasteiger partial charge in [0.25, 0.3) is 0 Å². The summed E-state index contributed by atoms with van der Waals surface area (Å²) in [6.45, 7) is 0. The molecule has 0 amide bonds. The number of esters is 1. The third-order valence-corrected chi connectivity index (χ3v) is 4.20. The molecule has 3 aromatic rings. The number of hydrogen-bond acceptors (Lipinski definition) is 3. The van der Waals surface area contributed by atoms with Gasteiger partial charge in [-0.1, -0.05) is 18.2 Å². The quantitative estimate of drug-likeness (QED) is 0.737. The Kier molecular flexibility index (Phi) is 3.15. The molecule has 0 radical (unpaired) electrons. The first-order valence-electron chi connectivity index (χ1n) is 7.52. The molecule has 4 heteroatoms. The number of H-pyrrole nitrogens is 1. The molecule has 1 aliphatic carbocycles. The van der Waals surface area contributed by atoms with Crippen molar-refractivity contribution in [3.05, 3.63) is 65.5 Å². The molecule has 0 saturated heterocycles. The summed E-state index contributed by atoms with van der Waals surface area (Å²) in [5, 5.41) is 1.14. The molecule has 0 saturated carbocycles. The van der Waals surface area contributed by atoms with Gasteiger partial charge in [-0.15, -0.1) is 0 Å². The van der Waals surface area contributed by atoms with Gasteiger partial charge in [0.1, 0.15) is 11.8 Å². The van der Waals surface area contributed by atoms with E-state index in [1.807, 2.05) is 24.3 Å². The molecule has 1 aromatic carbocycles. The van der Waals surface area contributed by atoms with Crippen LogP contribution >= 0.6 is 0 Å². The smallest absolute Gasteiger partial charge is 0.338 e. The molecule has 2 heterocycles. The largest absolute Gasteiger partial charge is 0.458 e. The zero-order chi connectivity index (χ0) is 14.9. The topological polar surface area (TPSA) is 55.0 Å². The second-order valence-electron chi connectivity index (χ2n) is 5.62. The van der Waals surface area contributed by atoms with E-state index in [-0.39, 0.29) is 12.1 Å². The lowest BCUT2D eigenvalue weighted by Crippen LogP contribution is -2.25. The van der Waals surface area contributed by atoms with Gasteiger partial charge in [-0.2, -0.15) is 0 Å². The number of carbonyl (C=O) groups excluding carboxylic acids is 1. The number of aryl methyl sites for hydroxylation is 1. The molecule has 4 nitrogen and oxygen atoms in total. The normalized spacial score (nSPS) is 17.2. The summed E-state index contributed by atoms with van der Waals surface area (Å²) in [4.78, 5) is 19.9. The van der Waals surface area contributed by atoms with Crippen molar-refractivity contribution in [1.29, 1.82) is 0 Å². The fraction of sp³-hybridized carbons (Fsp3) is 0.222. The molecule has 0 spiro atoms. The minimum absolute atomic E-state index is 0.0700. The van der Waals surface area contributed by atoms with Gasteiger partial charge in [-0.05, 0) is 42.7 Å². The van der Waals surface area contributed by atoms with E-state index in [1.165, 1.54) is 11.3 Å². The fourth-order valence-electron chi connectivity index (χ4n) is 3.11. The minimum atomic E-state index is -0.244. The van der Waals surface area contributed by atoms with Gasteiger partial charge in [-0.25, -0.2) is 9.78 Å². The van der Waals surface area contributed by atoms with E-state index in [4.69, 9.17) is 4.74 Å². The number of pyridine rings is 1. The molecular weight excluding hydrogens is 276 g/mol. The maximum absolute atomic E-state index is 12.2. The monoisotopic (exact) mass is 292 g/mol. The van der Waals surface area contributed by atoms with Crippen molar-refractivity contribution in [3.8, 4) is 0 Å².